The molecule has 1 aromatic carbocycles. The maximum atomic E-state index is 11.7. The summed E-state index contributed by atoms with van der Waals surface area (Å²) in [6.45, 7) is 0. The number of ether oxygens (including phenoxy) is 1. The lowest BCUT2D eigenvalue weighted by Crippen LogP contribution is -2.27. The maximum absolute atomic E-state index is 11.7. The van der Waals surface area contributed by atoms with Gasteiger partial charge in [0.25, 0.3) is 0 Å². The van der Waals surface area contributed by atoms with E-state index in [1.165, 1.54) is 4.90 Å². The van der Waals surface area contributed by atoms with Gasteiger partial charge in [0.15, 0.2) is 5.75 Å². The maximum Gasteiger partial charge on any atom is 0.321 e. The lowest BCUT2D eigenvalue weighted by atomic mass is 10.3. The Kier molecular flexibility index (Phi) is 4.36. The minimum Gasteiger partial charge on any atom is -0.437 e. The van der Waals surface area contributed by atoms with Crippen LogP contribution in [0.5, 0.6) is 11.6 Å². The van der Waals surface area contributed by atoms with Crippen molar-refractivity contribution >= 4 is 11.7 Å². The summed E-state index contributed by atoms with van der Waals surface area (Å²) in [4.78, 5) is 17.2. The van der Waals surface area contributed by atoms with E-state index in [2.05, 4.69) is 10.3 Å². The molecule has 0 aliphatic heterocycles. The van der Waals surface area contributed by atoms with Crippen molar-refractivity contribution in [1.29, 1.82) is 5.26 Å². The number of hydrogen-bond acceptors (Lipinski definition) is 4. The molecule has 106 valence electrons. The number of nitriles is 1. The molecule has 0 fully saturated rings. The molecule has 6 heteroatoms. The standard InChI is InChI=1S/C15H14N4O2/c1-19(2)15(20)18-12-7-3-4-8-13(12)21-14-9-5-6-11(10-16)17-14/h3-9H,1-2H3,(H,18,20). The quantitative estimate of drug-likeness (QED) is 0.938. The van der Waals surface area contributed by atoms with Gasteiger partial charge in [0.2, 0.25) is 5.88 Å². The molecule has 2 rings (SSSR count). The zero-order valence-electron chi connectivity index (χ0n) is 11.7. The Morgan fingerprint density at radius 1 is 1.24 bits per heavy atom. The van der Waals surface area contributed by atoms with E-state index in [9.17, 15) is 4.79 Å². The van der Waals surface area contributed by atoms with Gasteiger partial charge in [-0.25, -0.2) is 9.78 Å². The first kappa shape index (κ1) is 14.3. The second kappa shape index (κ2) is 6.39. The number of nitrogens with zero attached hydrogens (tertiary/aromatic N) is 3. The predicted molar refractivity (Wildman–Crippen MR) is 78.2 cm³/mol. The van der Waals surface area contributed by atoms with E-state index in [-0.39, 0.29) is 11.7 Å². The lowest BCUT2D eigenvalue weighted by Gasteiger charge is -2.15. The van der Waals surface area contributed by atoms with Crippen LogP contribution < -0.4 is 10.1 Å². The third kappa shape index (κ3) is 3.70. The van der Waals surface area contributed by atoms with Crippen LogP contribution in [0.15, 0.2) is 42.5 Å². The van der Waals surface area contributed by atoms with Crippen LogP contribution in [0.3, 0.4) is 0 Å². The average molecular weight is 282 g/mol. The molecule has 0 aliphatic rings. The number of para-hydroxylation sites is 2. The van der Waals surface area contributed by atoms with Gasteiger partial charge in [0.05, 0.1) is 5.69 Å². The highest BCUT2D eigenvalue weighted by atomic mass is 16.5. The number of amides is 2. The number of pyridine rings is 1. The molecule has 6 nitrogen and oxygen atoms in total. The number of benzene rings is 1. The SMILES string of the molecule is CN(C)C(=O)Nc1ccccc1Oc1cccc(C#N)n1. The van der Waals surface area contributed by atoms with Gasteiger partial charge in [-0.2, -0.15) is 5.26 Å². The van der Waals surface area contributed by atoms with E-state index in [0.29, 0.717) is 17.3 Å². The van der Waals surface area contributed by atoms with Crippen molar-refractivity contribution < 1.29 is 9.53 Å². The molecule has 0 radical (unpaired) electrons. The topological polar surface area (TPSA) is 78.3 Å². The van der Waals surface area contributed by atoms with Gasteiger partial charge in [-0.3, -0.25) is 0 Å². The van der Waals surface area contributed by atoms with Crippen molar-refractivity contribution in [3.63, 3.8) is 0 Å². The number of hydrogen-bond donors (Lipinski definition) is 1. The summed E-state index contributed by atoms with van der Waals surface area (Å²) in [5.74, 6) is 0.746. The fourth-order valence-electron chi connectivity index (χ4n) is 1.53. The van der Waals surface area contributed by atoms with Crippen LogP contribution in [0.2, 0.25) is 0 Å². The van der Waals surface area contributed by atoms with E-state index < -0.39 is 0 Å². The number of nitrogens with one attached hydrogen (secondary N) is 1. The van der Waals surface area contributed by atoms with E-state index in [0.717, 1.165) is 0 Å². The summed E-state index contributed by atoms with van der Waals surface area (Å²) in [5, 5.41) is 11.6. The van der Waals surface area contributed by atoms with Gasteiger partial charge in [-0.15, -0.1) is 0 Å². The molecule has 0 atom stereocenters. The molecule has 21 heavy (non-hydrogen) atoms. The number of aromatic nitrogens is 1. The minimum atomic E-state index is -0.259. The zero-order valence-corrected chi connectivity index (χ0v) is 11.7. The number of rotatable bonds is 3. The molecule has 0 spiro atoms. The molecule has 2 amide bonds. The van der Waals surface area contributed by atoms with Crippen molar-refractivity contribution in [2.45, 2.75) is 0 Å². The first-order valence-corrected chi connectivity index (χ1v) is 6.22. The Bertz CT molecular complexity index is 692. The summed E-state index contributed by atoms with van der Waals surface area (Å²) >= 11 is 0. The van der Waals surface area contributed by atoms with E-state index in [1.54, 1.807) is 56.6 Å². The van der Waals surface area contributed by atoms with E-state index >= 15 is 0 Å². The summed E-state index contributed by atoms with van der Waals surface area (Å²) in [6.07, 6.45) is 0. The highest BCUT2D eigenvalue weighted by Crippen LogP contribution is 2.28. The van der Waals surface area contributed by atoms with Crippen LogP contribution in [0, 0.1) is 11.3 Å². The Balaban J connectivity index is 2.24. The molecule has 0 saturated carbocycles. The molecule has 1 N–H and O–H groups in total. The average Bonchev–Trinajstić information content (AvgIpc) is 2.49. The molecular weight excluding hydrogens is 268 g/mol. The van der Waals surface area contributed by atoms with Crippen LogP contribution in [-0.2, 0) is 0 Å². The molecule has 0 bridgehead atoms. The van der Waals surface area contributed by atoms with Crippen LogP contribution in [0.25, 0.3) is 0 Å². The zero-order chi connectivity index (χ0) is 15.2. The number of anilines is 1. The van der Waals surface area contributed by atoms with Crippen LogP contribution >= 0.6 is 0 Å². The minimum absolute atomic E-state index is 0.259. The Morgan fingerprint density at radius 3 is 2.71 bits per heavy atom. The largest absolute Gasteiger partial charge is 0.437 e. The molecule has 2 aromatic rings. The second-order valence-electron chi connectivity index (χ2n) is 4.40. The van der Waals surface area contributed by atoms with Crippen molar-refractivity contribution in [3.05, 3.63) is 48.2 Å². The third-order valence-corrected chi connectivity index (χ3v) is 2.59. The smallest absolute Gasteiger partial charge is 0.321 e. The van der Waals surface area contributed by atoms with Crippen molar-refractivity contribution in [2.75, 3.05) is 19.4 Å². The lowest BCUT2D eigenvalue weighted by molar-refractivity contribution is 0.230. The van der Waals surface area contributed by atoms with E-state index in [4.69, 9.17) is 10.00 Å². The van der Waals surface area contributed by atoms with Crippen molar-refractivity contribution in [1.82, 2.24) is 9.88 Å². The van der Waals surface area contributed by atoms with Crippen molar-refractivity contribution in [2.24, 2.45) is 0 Å². The van der Waals surface area contributed by atoms with E-state index in [1.807, 2.05) is 6.07 Å². The van der Waals surface area contributed by atoms with Gasteiger partial charge in [-0.1, -0.05) is 18.2 Å². The fourth-order valence-corrected chi connectivity index (χ4v) is 1.53. The number of carbonyl (C=O) groups excluding carboxylic acids is 1. The second-order valence-corrected chi connectivity index (χ2v) is 4.40. The van der Waals surface area contributed by atoms with Gasteiger partial charge >= 0.3 is 6.03 Å². The van der Waals surface area contributed by atoms with Gasteiger partial charge < -0.3 is 15.0 Å². The first-order chi connectivity index (χ1) is 10.1. The van der Waals surface area contributed by atoms with Crippen LogP contribution in [-0.4, -0.2) is 30.0 Å². The molecule has 1 heterocycles. The molecular formula is C15H14N4O2. The van der Waals surface area contributed by atoms with Gasteiger partial charge in [0, 0.05) is 20.2 Å². The predicted octanol–water partition coefficient (Wildman–Crippen LogP) is 2.84. The molecule has 0 saturated heterocycles. The van der Waals surface area contributed by atoms with Crippen LogP contribution in [0.4, 0.5) is 10.5 Å². The number of urea groups is 1. The monoisotopic (exact) mass is 282 g/mol. The Hall–Kier alpha value is -3.07. The third-order valence-electron chi connectivity index (χ3n) is 2.59. The summed E-state index contributed by atoms with van der Waals surface area (Å²) in [7, 11) is 3.30. The Labute approximate surface area is 122 Å². The highest BCUT2D eigenvalue weighted by molar-refractivity contribution is 5.90. The van der Waals surface area contributed by atoms with Crippen molar-refractivity contribution in [3.8, 4) is 17.7 Å². The molecule has 0 unspecified atom stereocenters. The summed E-state index contributed by atoms with van der Waals surface area (Å²) in [6, 6.07) is 13.6. The number of carbonyl (C=O) groups is 1. The normalized spacial score (nSPS) is 9.57. The summed E-state index contributed by atoms with van der Waals surface area (Å²) in [5.41, 5.74) is 0.794. The van der Waals surface area contributed by atoms with Gasteiger partial charge in [-0.05, 0) is 18.2 Å². The van der Waals surface area contributed by atoms with Gasteiger partial charge in [0.1, 0.15) is 11.8 Å². The molecule has 0 aliphatic carbocycles. The summed E-state index contributed by atoms with van der Waals surface area (Å²) < 4.78 is 5.64. The molecule has 1 aromatic heterocycles. The van der Waals surface area contributed by atoms with Crippen LogP contribution in [0.1, 0.15) is 5.69 Å². The highest BCUT2D eigenvalue weighted by Gasteiger charge is 2.10. The fraction of sp³-hybridized carbons (Fsp3) is 0.133. The first-order valence-electron chi connectivity index (χ1n) is 6.22. The Morgan fingerprint density at radius 2 is 2.00 bits per heavy atom.